The Kier molecular flexibility index (Phi) is 5.55. The summed E-state index contributed by atoms with van der Waals surface area (Å²) in [6.45, 7) is 6.49. The first kappa shape index (κ1) is 16.0. The van der Waals surface area contributed by atoms with Crippen LogP contribution >= 0.6 is 0 Å². The molecule has 1 aliphatic carbocycles. The molecular weight excluding hydrogens is 276 g/mol. The third-order valence-corrected chi connectivity index (χ3v) is 5.29. The Hall–Kier alpha value is -0.840. The van der Waals surface area contributed by atoms with Gasteiger partial charge in [0, 0.05) is 38.3 Å². The zero-order valence-corrected chi connectivity index (χ0v) is 13.8. The van der Waals surface area contributed by atoms with E-state index in [2.05, 4.69) is 15.9 Å². The molecule has 1 aromatic rings. The molecule has 2 heterocycles. The number of furan rings is 1. The fraction of sp³-hybridized carbons (Fsp3) is 0.778. The molecule has 2 aliphatic rings. The summed E-state index contributed by atoms with van der Waals surface area (Å²) in [7, 11) is 0. The number of aryl methyl sites for hydroxylation is 1. The smallest absolute Gasteiger partial charge is 0.118 e. The van der Waals surface area contributed by atoms with Crippen LogP contribution in [0.1, 0.15) is 50.0 Å². The van der Waals surface area contributed by atoms with E-state index in [9.17, 15) is 5.11 Å². The predicted octanol–water partition coefficient (Wildman–Crippen LogP) is 2.79. The van der Waals surface area contributed by atoms with Crippen molar-refractivity contribution in [1.82, 2.24) is 9.80 Å². The van der Waals surface area contributed by atoms with E-state index in [0.29, 0.717) is 12.6 Å². The summed E-state index contributed by atoms with van der Waals surface area (Å²) in [4.78, 5) is 5.18. The van der Waals surface area contributed by atoms with Gasteiger partial charge in [0.15, 0.2) is 0 Å². The van der Waals surface area contributed by atoms with Crippen molar-refractivity contribution in [2.45, 2.75) is 64.1 Å². The minimum absolute atomic E-state index is 0.293. The molecule has 1 unspecified atom stereocenters. The van der Waals surface area contributed by atoms with Crippen LogP contribution in [0.25, 0.3) is 0 Å². The Morgan fingerprint density at radius 1 is 1.18 bits per heavy atom. The second-order valence-electron chi connectivity index (χ2n) is 6.94. The molecule has 4 heteroatoms. The van der Waals surface area contributed by atoms with E-state index in [1.165, 1.54) is 32.1 Å². The van der Waals surface area contributed by atoms with E-state index in [-0.39, 0.29) is 0 Å². The number of hydrogen-bond donors (Lipinski definition) is 1. The Morgan fingerprint density at radius 2 is 2.00 bits per heavy atom. The highest BCUT2D eigenvalue weighted by Crippen LogP contribution is 2.27. The van der Waals surface area contributed by atoms with Crippen LogP contribution in [0, 0.1) is 6.92 Å². The molecule has 1 aromatic heterocycles. The largest absolute Gasteiger partial charge is 0.465 e. The lowest BCUT2D eigenvalue weighted by Gasteiger charge is -2.46. The van der Waals surface area contributed by atoms with Crippen LogP contribution in [0.3, 0.4) is 0 Å². The monoisotopic (exact) mass is 306 g/mol. The SMILES string of the molecule is Cc1ccc(CN2CCN(C3CCCCC3)C(CCO)C2)o1. The summed E-state index contributed by atoms with van der Waals surface area (Å²) in [5.74, 6) is 2.05. The normalized spacial score (nSPS) is 25.6. The van der Waals surface area contributed by atoms with Crippen LogP contribution in [0.5, 0.6) is 0 Å². The van der Waals surface area contributed by atoms with Crippen molar-refractivity contribution in [2.75, 3.05) is 26.2 Å². The van der Waals surface area contributed by atoms with Gasteiger partial charge in [0.2, 0.25) is 0 Å². The van der Waals surface area contributed by atoms with Crippen LogP contribution in [0.2, 0.25) is 0 Å². The lowest BCUT2D eigenvalue weighted by Crippen LogP contribution is -2.56. The molecule has 1 saturated heterocycles. The Morgan fingerprint density at radius 3 is 2.68 bits per heavy atom. The minimum Gasteiger partial charge on any atom is -0.465 e. The van der Waals surface area contributed by atoms with Crippen LogP contribution in [0.4, 0.5) is 0 Å². The first-order valence-electron chi connectivity index (χ1n) is 8.90. The van der Waals surface area contributed by atoms with Crippen LogP contribution in [-0.2, 0) is 6.54 Å². The molecular formula is C18H30N2O2. The Balaban J connectivity index is 1.59. The zero-order valence-electron chi connectivity index (χ0n) is 13.8. The van der Waals surface area contributed by atoms with Crippen LogP contribution in [-0.4, -0.2) is 53.2 Å². The average molecular weight is 306 g/mol. The standard InChI is InChI=1S/C18H30N2O2/c1-15-7-8-18(22-15)14-19-10-11-20(17(13-19)9-12-21)16-5-3-2-4-6-16/h7-8,16-17,21H,2-6,9-14H2,1H3. The van der Waals surface area contributed by atoms with Crippen molar-refractivity contribution in [2.24, 2.45) is 0 Å². The van der Waals surface area contributed by atoms with E-state index < -0.39 is 0 Å². The maximum atomic E-state index is 9.45. The number of piperazine rings is 1. The topological polar surface area (TPSA) is 39.9 Å². The van der Waals surface area contributed by atoms with Gasteiger partial charge in [0.25, 0.3) is 0 Å². The summed E-state index contributed by atoms with van der Waals surface area (Å²) in [6, 6.07) is 5.37. The van der Waals surface area contributed by atoms with E-state index in [1.807, 2.05) is 13.0 Å². The Labute approximate surface area is 134 Å². The fourth-order valence-corrected chi connectivity index (χ4v) is 4.17. The highest BCUT2D eigenvalue weighted by molar-refractivity contribution is 5.05. The second-order valence-corrected chi connectivity index (χ2v) is 6.94. The zero-order chi connectivity index (χ0) is 15.4. The van der Waals surface area contributed by atoms with Gasteiger partial charge in [-0.05, 0) is 38.3 Å². The summed E-state index contributed by atoms with van der Waals surface area (Å²) < 4.78 is 5.72. The van der Waals surface area contributed by atoms with Gasteiger partial charge in [0.05, 0.1) is 6.54 Å². The number of hydrogen-bond acceptors (Lipinski definition) is 4. The quantitative estimate of drug-likeness (QED) is 0.908. The Bertz CT molecular complexity index is 454. The van der Waals surface area contributed by atoms with Gasteiger partial charge in [-0.2, -0.15) is 0 Å². The second kappa shape index (κ2) is 7.62. The van der Waals surface area contributed by atoms with Gasteiger partial charge in [0.1, 0.15) is 11.5 Å². The van der Waals surface area contributed by atoms with Gasteiger partial charge < -0.3 is 9.52 Å². The summed E-state index contributed by atoms with van der Waals surface area (Å²) >= 11 is 0. The minimum atomic E-state index is 0.293. The molecule has 3 rings (SSSR count). The van der Waals surface area contributed by atoms with E-state index in [0.717, 1.165) is 50.2 Å². The number of aliphatic hydroxyl groups is 1. The molecule has 1 atom stereocenters. The summed E-state index contributed by atoms with van der Waals surface area (Å²) in [6.07, 6.45) is 7.74. The van der Waals surface area contributed by atoms with Gasteiger partial charge in [-0.25, -0.2) is 0 Å². The summed E-state index contributed by atoms with van der Waals surface area (Å²) in [5.41, 5.74) is 0. The molecule has 0 aromatic carbocycles. The van der Waals surface area contributed by atoms with Gasteiger partial charge in [-0.1, -0.05) is 19.3 Å². The average Bonchev–Trinajstić information content (AvgIpc) is 2.94. The van der Waals surface area contributed by atoms with E-state index >= 15 is 0 Å². The van der Waals surface area contributed by atoms with Crippen molar-refractivity contribution in [3.05, 3.63) is 23.7 Å². The molecule has 0 radical (unpaired) electrons. The number of rotatable bonds is 5. The highest BCUT2D eigenvalue weighted by Gasteiger charge is 2.32. The molecule has 124 valence electrons. The number of nitrogens with zero attached hydrogens (tertiary/aromatic N) is 2. The van der Waals surface area contributed by atoms with Crippen molar-refractivity contribution in [3.8, 4) is 0 Å². The maximum absolute atomic E-state index is 9.45. The van der Waals surface area contributed by atoms with Crippen molar-refractivity contribution >= 4 is 0 Å². The van der Waals surface area contributed by atoms with E-state index in [1.54, 1.807) is 0 Å². The van der Waals surface area contributed by atoms with Gasteiger partial charge in [-0.3, -0.25) is 9.80 Å². The summed E-state index contributed by atoms with van der Waals surface area (Å²) in [5, 5.41) is 9.45. The molecule has 22 heavy (non-hydrogen) atoms. The van der Waals surface area contributed by atoms with Crippen LogP contribution < -0.4 is 0 Å². The van der Waals surface area contributed by atoms with Gasteiger partial charge in [-0.15, -0.1) is 0 Å². The molecule has 0 bridgehead atoms. The molecule has 1 N–H and O–H groups in total. The first-order valence-corrected chi connectivity index (χ1v) is 8.90. The first-order chi connectivity index (χ1) is 10.8. The van der Waals surface area contributed by atoms with Crippen molar-refractivity contribution in [3.63, 3.8) is 0 Å². The van der Waals surface area contributed by atoms with E-state index in [4.69, 9.17) is 4.42 Å². The molecule has 1 aliphatic heterocycles. The third kappa shape index (κ3) is 3.92. The predicted molar refractivity (Wildman–Crippen MR) is 87.8 cm³/mol. The van der Waals surface area contributed by atoms with Crippen molar-refractivity contribution in [1.29, 1.82) is 0 Å². The lowest BCUT2D eigenvalue weighted by molar-refractivity contribution is 0.0116. The van der Waals surface area contributed by atoms with Gasteiger partial charge >= 0.3 is 0 Å². The number of aliphatic hydroxyl groups excluding tert-OH is 1. The molecule has 0 spiro atoms. The fourth-order valence-electron chi connectivity index (χ4n) is 4.17. The lowest BCUT2D eigenvalue weighted by atomic mass is 9.92. The van der Waals surface area contributed by atoms with Crippen molar-refractivity contribution < 1.29 is 9.52 Å². The molecule has 1 saturated carbocycles. The third-order valence-electron chi connectivity index (χ3n) is 5.29. The van der Waals surface area contributed by atoms with Crippen LogP contribution in [0.15, 0.2) is 16.5 Å². The molecule has 4 nitrogen and oxygen atoms in total. The molecule has 2 fully saturated rings. The molecule has 0 amide bonds. The maximum Gasteiger partial charge on any atom is 0.118 e. The highest BCUT2D eigenvalue weighted by atomic mass is 16.3.